The summed E-state index contributed by atoms with van der Waals surface area (Å²) in [5, 5.41) is 0. The highest BCUT2D eigenvalue weighted by atomic mass is 32.2. The zero-order valence-electron chi connectivity index (χ0n) is 10.1. The minimum Gasteiger partial charge on any atom is -0.282 e. The fourth-order valence-corrected chi connectivity index (χ4v) is 2.10. The molecule has 0 saturated carbocycles. The standard InChI is InChI=1S/C12H18O3S/c1-9-5-6-11(16(13,14)15)7-10(9)8-12(2,3)4/h5-7H,8H2,1-4H3,(H,13,14,15). The summed E-state index contributed by atoms with van der Waals surface area (Å²) in [5.41, 5.74) is 2.09. The summed E-state index contributed by atoms with van der Waals surface area (Å²) < 4.78 is 31.0. The molecule has 0 heterocycles. The third-order valence-corrected chi connectivity index (χ3v) is 3.19. The average molecular weight is 242 g/mol. The van der Waals surface area contributed by atoms with E-state index in [4.69, 9.17) is 4.55 Å². The van der Waals surface area contributed by atoms with Crippen molar-refractivity contribution in [1.82, 2.24) is 0 Å². The SMILES string of the molecule is Cc1ccc(S(=O)(=O)O)cc1CC(C)(C)C. The molecule has 0 atom stereocenters. The molecule has 0 radical (unpaired) electrons. The maximum Gasteiger partial charge on any atom is 0.294 e. The molecule has 0 spiro atoms. The Morgan fingerprint density at radius 1 is 1.25 bits per heavy atom. The van der Waals surface area contributed by atoms with Crippen molar-refractivity contribution in [3.05, 3.63) is 29.3 Å². The number of rotatable bonds is 2. The molecule has 0 bridgehead atoms. The normalized spacial score (nSPS) is 12.8. The summed E-state index contributed by atoms with van der Waals surface area (Å²) in [6, 6.07) is 4.71. The van der Waals surface area contributed by atoms with Crippen LogP contribution in [-0.2, 0) is 16.5 Å². The van der Waals surface area contributed by atoms with Gasteiger partial charge < -0.3 is 0 Å². The number of hydrogen-bond acceptors (Lipinski definition) is 2. The van der Waals surface area contributed by atoms with Gasteiger partial charge in [-0.25, -0.2) is 0 Å². The van der Waals surface area contributed by atoms with Crippen LogP contribution in [0.3, 0.4) is 0 Å². The Labute approximate surface area is 97.2 Å². The lowest BCUT2D eigenvalue weighted by Gasteiger charge is -2.19. The van der Waals surface area contributed by atoms with Crippen molar-refractivity contribution in [2.75, 3.05) is 0 Å². The maximum atomic E-state index is 11.0. The van der Waals surface area contributed by atoms with Gasteiger partial charge in [0.2, 0.25) is 0 Å². The van der Waals surface area contributed by atoms with Gasteiger partial charge in [0.05, 0.1) is 4.90 Å². The third-order valence-electron chi connectivity index (χ3n) is 2.34. The van der Waals surface area contributed by atoms with Crippen molar-refractivity contribution in [2.24, 2.45) is 5.41 Å². The molecule has 0 saturated heterocycles. The van der Waals surface area contributed by atoms with Gasteiger partial charge in [0.1, 0.15) is 0 Å². The quantitative estimate of drug-likeness (QED) is 0.811. The van der Waals surface area contributed by atoms with Gasteiger partial charge in [-0.3, -0.25) is 4.55 Å². The smallest absolute Gasteiger partial charge is 0.282 e. The largest absolute Gasteiger partial charge is 0.294 e. The molecule has 0 aliphatic rings. The Morgan fingerprint density at radius 2 is 1.81 bits per heavy atom. The summed E-state index contributed by atoms with van der Waals surface area (Å²) in [4.78, 5) is -0.0302. The topological polar surface area (TPSA) is 54.4 Å². The van der Waals surface area contributed by atoms with Crippen LogP contribution in [0.4, 0.5) is 0 Å². The van der Waals surface area contributed by atoms with Crippen molar-refractivity contribution in [2.45, 2.75) is 39.0 Å². The summed E-state index contributed by atoms with van der Waals surface area (Å²) in [6.07, 6.45) is 0.780. The van der Waals surface area contributed by atoms with Crippen LogP contribution in [0.2, 0.25) is 0 Å². The zero-order chi connectivity index (χ0) is 12.6. The fourth-order valence-electron chi connectivity index (χ4n) is 1.57. The second kappa shape index (κ2) is 4.18. The molecule has 1 N–H and O–H groups in total. The van der Waals surface area contributed by atoms with Gasteiger partial charge in [-0.1, -0.05) is 26.8 Å². The lowest BCUT2D eigenvalue weighted by molar-refractivity contribution is 0.409. The molecule has 90 valence electrons. The van der Waals surface area contributed by atoms with Gasteiger partial charge in [0, 0.05) is 0 Å². The van der Waals surface area contributed by atoms with Crippen LogP contribution in [-0.4, -0.2) is 13.0 Å². The van der Waals surface area contributed by atoms with Crippen molar-refractivity contribution < 1.29 is 13.0 Å². The van der Waals surface area contributed by atoms with E-state index in [9.17, 15) is 8.42 Å². The second-order valence-corrected chi connectivity index (χ2v) is 6.72. The van der Waals surface area contributed by atoms with Gasteiger partial charge in [0.25, 0.3) is 10.1 Å². The van der Waals surface area contributed by atoms with E-state index in [-0.39, 0.29) is 10.3 Å². The highest BCUT2D eigenvalue weighted by molar-refractivity contribution is 7.85. The predicted octanol–water partition coefficient (Wildman–Crippen LogP) is 2.83. The van der Waals surface area contributed by atoms with Gasteiger partial charge in [-0.05, 0) is 42.0 Å². The molecule has 1 rings (SSSR count). The van der Waals surface area contributed by atoms with E-state index in [0.29, 0.717) is 0 Å². The molecule has 0 aliphatic carbocycles. The van der Waals surface area contributed by atoms with Crippen LogP contribution in [0.25, 0.3) is 0 Å². The molecular formula is C12H18O3S. The van der Waals surface area contributed by atoms with E-state index in [1.165, 1.54) is 6.07 Å². The Kier molecular flexibility index (Phi) is 3.45. The van der Waals surface area contributed by atoms with Crippen molar-refractivity contribution in [1.29, 1.82) is 0 Å². The highest BCUT2D eigenvalue weighted by Gasteiger charge is 2.16. The summed E-state index contributed by atoms with van der Waals surface area (Å²) in [7, 11) is -4.10. The van der Waals surface area contributed by atoms with E-state index in [1.54, 1.807) is 12.1 Å². The van der Waals surface area contributed by atoms with E-state index >= 15 is 0 Å². The van der Waals surface area contributed by atoms with E-state index in [2.05, 4.69) is 20.8 Å². The first-order valence-electron chi connectivity index (χ1n) is 5.17. The molecule has 0 aromatic heterocycles. The van der Waals surface area contributed by atoms with Crippen LogP contribution in [0.15, 0.2) is 23.1 Å². The van der Waals surface area contributed by atoms with Crippen LogP contribution in [0.5, 0.6) is 0 Å². The molecule has 0 aliphatic heterocycles. The number of aryl methyl sites for hydroxylation is 1. The Morgan fingerprint density at radius 3 is 2.25 bits per heavy atom. The first-order valence-corrected chi connectivity index (χ1v) is 6.61. The van der Waals surface area contributed by atoms with Crippen molar-refractivity contribution in [3.8, 4) is 0 Å². The second-order valence-electron chi connectivity index (χ2n) is 5.30. The van der Waals surface area contributed by atoms with Gasteiger partial charge >= 0.3 is 0 Å². The molecule has 0 amide bonds. The fraction of sp³-hybridized carbons (Fsp3) is 0.500. The minimum absolute atomic E-state index is 0.0302. The molecule has 3 nitrogen and oxygen atoms in total. The van der Waals surface area contributed by atoms with Gasteiger partial charge in [-0.15, -0.1) is 0 Å². The molecule has 16 heavy (non-hydrogen) atoms. The van der Waals surface area contributed by atoms with Gasteiger partial charge in [-0.2, -0.15) is 8.42 Å². The summed E-state index contributed by atoms with van der Waals surface area (Å²) in [6.45, 7) is 8.21. The van der Waals surface area contributed by atoms with Crippen LogP contribution >= 0.6 is 0 Å². The van der Waals surface area contributed by atoms with E-state index in [1.807, 2.05) is 6.92 Å². The molecule has 4 heteroatoms. The molecular weight excluding hydrogens is 224 g/mol. The van der Waals surface area contributed by atoms with Crippen molar-refractivity contribution in [3.63, 3.8) is 0 Å². The minimum atomic E-state index is -4.10. The first-order chi connectivity index (χ1) is 7.09. The lowest BCUT2D eigenvalue weighted by atomic mass is 9.86. The molecule has 1 aromatic carbocycles. The maximum absolute atomic E-state index is 11.0. The van der Waals surface area contributed by atoms with Crippen molar-refractivity contribution >= 4 is 10.1 Å². The third kappa shape index (κ3) is 3.61. The number of benzene rings is 1. The van der Waals surface area contributed by atoms with Gasteiger partial charge in [0.15, 0.2) is 0 Å². The zero-order valence-corrected chi connectivity index (χ0v) is 10.9. The van der Waals surface area contributed by atoms with Crippen LogP contribution in [0.1, 0.15) is 31.9 Å². The van der Waals surface area contributed by atoms with E-state index < -0.39 is 10.1 Å². The Hall–Kier alpha value is -0.870. The Bertz CT molecular complexity index is 481. The average Bonchev–Trinajstić information content (AvgIpc) is 2.04. The highest BCUT2D eigenvalue weighted by Crippen LogP contribution is 2.24. The summed E-state index contributed by atoms with van der Waals surface area (Å²) in [5.74, 6) is 0. The predicted molar refractivity (Wildman–Crippen MR) is 64.2 cm³/mol. The lowest BCUT2D eigenvalue weighted by Crippen LogP contribution is -2.11. The molecule has 0 fully saturated rings. The van der Waals surface area contributed by atoms with Crippen LogP contribution in [0, 0.1) is 12.3 Å². The molecule has 1 aromatic rings. The monoisotopic (exact) mass is 242 g/mol. The van der Waals surface area contributed by atoms with E-state index in [0.717, 1.165) is 17.5 Å². The first kappa shape index (κ1) is 13.2. The summed E-state index contributed by atoms with van der Waals surface area (Å²) >= 11 is 0. The Balaban J connectivity index is 3.20. The molecule has 0 unspecified atom stereocenters. The van der Waals surface area contributed by atoms with Crippen LogP contribution < -0.4 is 0 Å². The number of hydrogen-bond donors (Lipinski definition) is 1.